The van der Waals surface area contributed by atoms with Crippen molar-refractivity contribution in [2.45, 2.75) is 57.5 Å². The SMILES string of the molecule is CCC1CCCC(O)(Cc2ccc(Cl)cc2F)CC1. The molecule has 0 amide bonds. The maximum atomic E-state index is 13.8. The van der Waals surface area contributed by atoms with Gasteiger partial charge in [0.05, 0.1) is 5.60 Å². The molecule has 1 saturated carbocycles. The molecule has 2 rings (SSSR count). The van der Waals surface area contributed by atoms with Crippen molar-refractivity contribution < 1.29 is 9.50 Å². The molecule has 0 bridgehead atoms. The summed E-state index contributed by atoms with van der Waals surface area (Å²) in [7, 11) is 0. The van der Waals surface area contributed by atoms with Crippen LogP contribution in [0.5, 0.6) is 0 Å². The van der Waals surface area contributed by atoms with E-state index in [4.69, 9.17) is 11.6 Å². The van der Waals surface area contributed by atoms with Crippen LogP contribution in [0.4, 0.5) is 4.39 Å². The van der Waals surface area contributed by atoms with Gasteiger partial charge in [-0.3, -0.25) is 0 Å². The van der Waals surface area contributed by atoms with Crippen molar-refractivity contribution in [2.24, 2.45) is 5.92 Å². The number of rotatable bonds is 3. The zero-order chi connectivity index (χ0) is 13.9. The Morgan fingerprint density at radius 3 is 2.84 bits per heavy atom. The highest BCUT2D eigenvalue weighted by atomic mass is 35.5. The minimum atomic E-state index is -0.751. The largest absolute Gasteiger partial charge is 0.390 e. The first-order valence-electron chi connectivity index (χ1n) is 7.19. The summed E-state index contributed by atoms with van der Waals surface area (Å²) in [6, 6.07) is 4.71. The van der Waals surface area contributed by atoms with E-state index in [1.54, 1.807) is 12.1 Å². The Labute approximate surface area is 119 Å². The quantitative estimate of drug-likeness (QED) is 0.795. The van der Waals surface area contributed by atoms with Gasteiger partial charge in [0, 0.05) is 11.4 Å². The molecule has 1 N–H and O–H groups in total. The summed E-state index contributed by atoms with van der Waals surface area (Å²) in [5.41, 5.74) is -0.180. The Balaban J connectivity index is 2.08. The third-order valence-electron chi connectivity index (χ3n) is 4.38. The molecule has 1 aliphatic rings. The van der Waals surface area contributed by atoms with Gasteiger partial charge in [-0.25, -0.2) is 4.39 Å². The Morgan fingerprint density at radius 2 is 2.16 bits per heavy atom. The average molecular weight is 285 g/mol. The maximum Gasteiger partial charge on any atom is 0.127 e. The van der Waals surface area contributed by atoms with Gasteiger partial charge in [0.25, 0.3) is 0 Å². The number of benzene rings is 1. The number of aliphatic hydroxyl groups is 1. The number of hydrogen-bond donors (Lipinski definition) is 1. The fourth-order valence-corrected chi connectivity index (χ4v) is 3.23. The molecule has 0 aliphatic heterocycles. The average Bonchev–Trinajstić information content (AvgIpc) is 2.55. The first-order valence-corrected chi connectivity index (χ1v) is 7.56. The van der Waals surface area contributed by atoms with Gasteiger partial charge in [0.15, 0.2) is 0 Å². The van der Waals surface area contributed by atoms with Gasteiger partial charge >= 0.3 is 0 Å². The van der Waals surface area contributed by atoms with Crippen molar-refractivity contribution >= 4 is 11.6 Å². The van der Waals surface area contributed by atoms with Crippen LogP contribution in [-0.4, -0.2) is 10.7 Å². The van der Waals surface area contributed by atoms with E-state index in [0.717, 1.165) is 25.7 Å². The second kappa shape index (κ2) is 6.23. The molecule has 19 heavy (non-hydrogen) atoms. The lowest BCUT2D eigenvalue weighted by atomic mass is 9.87. The topological polar surface area (TPSA) is 20.2 Å². The Bertz CT molecular complexity index is 435. The van der Waals surface area contributed by atoms with Crippen LogP contribution in [0.25, 0.3) is 0 Å². The minimum absolute atomic E-state index is 0.308. The first-order chi connectivity index (χ1) is 9.02. The molecule has 0 spiro atoms. The number of hydrogen-bond acceptors (Lipinski definition) is 1. The monoisotopic (exact) mass is 284 g/mol. The zero-order valence-corrected chi connectivity index (χ0v) is 12.2. The lowest BCUT2D eigenvalue weighted by Gasteiger charge is -2.27. The predicted molar refractivity (Wildman–Crippen MR) is 76.9 cm³/mol. The van der Waals surface area contributed by atoms with Crippen molar-refractivity contribution in [2.75, 3.05) is 0 Å². The molecule has 0 aromatic heterocycles. The molecule has 106 valence electrons. The molecule has 0 heterocycles. The minimum Gasteiger partial charge on any atom is -0.390 e. The van der Waals surface area contributed by atoms with Crippen molar-refractivity contribution in [3.63, 3.8) is 0 Å². The van der Waals surface area contributed by atoms with Crippen LogP contribution in [-0.2, 0) is 6.42 Å². The molecule has 3 heteroatoms. The van der Waals surface area contributed by atoms with Gasteiger partial charge in [-0.2, -0.15) is 0 Å². The molecule has 0 saturated heterocycles. The van der Waals surface area contributed by atoms with Gasteiger partial charge < -0.3 is 5.11 Å². The van der Waals surface area contributed by atoms with E-state index in [2.05, 4.69) is 6.92 Å². The summed E-state index contributed by atoms with van der Waals surface area (Å²) < 4.78 is 13.8. The second-order valence-corrected chi connectivity index (χ2v) is 6.28. The van der Waals surface area contributed by atoms with Crippen LogP contribution < -0.4 is 0 Å². The lowest BCUT2D eigenvalue weighted by molar-refractivity contribution is 0.0234. The second-order valence-electron chi connectivity index (χ2n) is 5.84. The van der Waals surface area contributed by atoms with Crippen LogP contribution >= 0.6 is 11.6 Å². The van der Waals surface area contributed by atoms with Crippen molar-refractivity contribution in [3.05, 3.63) is 34.6 Å². The van der Waals surface area contributed by atoms with Crippen LogP contribution in [0, 0.1) is 11.7 Å². The molecule has 2 atom stereocenters. The highest BCUT2D eigenvalue weighted by Gasteiger charge is 2.31. The molecule has 1 nitrogen and oxygen atoms in total. The molecule has 1 aliphatic carbocycles. The van der Waals surface area contributed by atoms with Crippen LogP contribution in [0.1, 0.15) is 51.0 Å². The van der Waals surface area contributed by atoms with Crippen molar-refractivity contribution in [3.8, 4) is 0 Å². The molecule has 1 aromatic carbocycles. The lowest BCUT2D eigenvalue weighted by Crippen LogP contribution is -2.31. The van der Waals surface area contributed by atoms with Crippen LogP contribution in [0.2, 0.25) is 5.02 Å². The smallest absolute Gasteiger partial charge is 0.127 e. The Morgan fingerprint density at radius 1 is 1.37 bits per heavy atom. The summed E-state index contributed by atoms with van der Waals surface area (Å²) in [5, 5.41) is 11.1. The Hall–Kier alpha value is -0.600. The van der Waals surface area contributed by atoms with Crippen LogP contribution in [0.15, 0.2) is 18.2 Å². The summed E-state index contributed by atoms with van der Waals surface area (Å²) in [6.07, 6.45) is 6.37. The van der Waals surface area contributed by atoms with E-state index in [9.17, 15) is 9.50 Å². The third-order valence-corrected chi connectivity index (χ3v) is 4.62. The molecule has 2 unspecified atom stereocenters. The van der Waals surface area contributed by atoms with Crippen molar-refractivity contribution in [1.29, 1.82) is 0 Å². The maximum absolute atomic E-state index is 13.8. The normalized spacial score (nSPS) is 28.1. The standard InChI is InChI=1S/C16H22ClFO/c1-2-12-4-3-8-16(19,9-7-12)11-13-5-6-14(17)10-15(13)18/h5-6,10,12,19H,2-4,7-9,11H2,1H3. The first kappa shape index (κ1) is 14.8. The van der Waals surface area contributed by atoms with Gasteiger partial charge in [-0.05, 0) is 42.9 Å². The van der Waals surface area contributed by atoms with E-state index in [1.165, 1.54) is 18.9 Å². The van der Waals surface area contributed by atoms with Gasteiger partial charge in [-0.1, -0.05) is 43.9 Å². The highest BCUT2D eigenvalue weighted by Crippen LogP contribution is 2.34. The Kier molecular flexibility index (Phi) is 4.86. The van der Waals surface area contributed by atoms with E-state index < -0.39 is 5.60 Å². The van der Waals surface area contributed by atoms with Gasteiger partial charge in [0.2, 0.25) is 0 Å². The summed E-state index contributed by atoms with van der Waals surface area (Å²) in [5.74, 6) is 0.404. The fraction of sp³-hybridized carbons (Fsp3) is 0.625. The summed E-state index contributed by atoms with van der Waals surface area (Å²) in [4.78, 5) is 0. The fourth-order valence-electron chi connectivity index (χ4n) is 3.07. The zero-order valence-electron chi connectivity index (χ0n) is 11.5. The van der Waals surface area contributed by atoms with Crippen LogP contribution in [0.3, 0.4) is 0 Å². The molecule has 1 aromatic rings. The van der Waals surface area contributed by atoms with E-state index in [0.29, 0.717) is 22.9 Å². The van der Waals surface area contributed by atoms with Gasteiger partial charge in [-0.15, -0.1) is 0 Å². The molecule has 0 radical (unpaired) electrons. The summed E-state index contributed by atoms with van der Waals surface area (Å²) in [6.45, 7) is 2.20. The molecular formula is C16H22ClFO. The van der Waals surface area contributed by atoms with E-state index >= 15 is 0 Å². The molecule has 1 fully saturated rings. The number of halogens is 2. The van der Waals surface area contributed by atoms with E-state index in [-0.39, 0.29) is 5.82 Å². The third kappa shape index (κ3) is 3.93. The highest BCUT2D eigenvalue weighted by molar-refractivity contribution is 6.30. The van der Waals surface area contributed by atoms with Gasteiger partial charge in [0.1, 0.15) is 5.82 Å². The summed E-state index contributed by atoms with van der Waals surface area (Å²) >= 11 is 5.76. The predicted octanol–water partition coefficient (Wildman–Crippen LogP) is 4.74. The van der Waals surface area contributed by atoms with E-state index in [1.807, 2.05) is 0 Å². The van der Waals surface area contributed by atoms with Crippen molar-refractivity contribution in [1.82, 2.24) is 0 Å². The molecular weight excluding hydrogens is 263 g/mol.